The van der Waals surface area contributed by atoms with E-state index in [0.29, 0.717) is 12.0 Å². The van der Waals surface area contributed by atoms with E-state index in [-0.39, 0.29) is 0 Å². The van der Waals surface area contributed by atoms with Crippen molar-refractivity contribution in [3.8, 4) is 5.69 Å². The summed E-state index contributed by atoms with van der Waals surface area (Å²) in [5.74, 6) is 0.628. The normalized spacial score (nSPS) is 12.7. The van der Waals surface area contributed by atoms with Crippen LogP contribution in [0, 0.1) is 5.92 Å². The zero-order valence-corrected chi connectivity index (χ0v) is 11.3. The molecule has 2 aromatic rings. The monoisotopic (exact) mass is 243 g/mol. The predicted octanol–water partition coefficient (Wildman–Crippen LogP) is 3.72. The molecule has 3 heteroatoms. The second-order valence-electron chi connectivity index (χ2n) is 4.90. The zero-order chi connectivity index (χ0) is 13.0. The van der Waals surface area contributed by atoms with E-state index in [1.165, 1.54) is 0 Å². The maximum absolute atomic E-state index is 4.25. The molecule has 0 bridgehead atoms. The summed E-state index contributed by atoms with van der Waals surface area (Å²) in [7, 11) is 0. The number of hydrogen-bond donors (Lipinski definition) is 1. The second kappa shape index (κ2) is 5.71. The smallest absolute Gasteiger partial charge is 0.0666 e. The Hall–Kier alpha value is -1.77. The van der Waals surface area contributed by atoms with E-state index < -0.39 is 0 Å². The van der Waals surface area contributed by atoms with E-state index in [1.807, 2.05) is 16.9 Å². The van der Waals surface area contributed by atoms with Crippen molar-refractivity contribution >= 4 is 5.69 Å². The van der Waals surface area contributed by atoms with Crippen molar-refractivity contribution in [2.24, 2.45) is 5.92 Å². The highest BCUT2D eigenvalue weighted by Gasteiger charge is 2.10. The first kappa shape index (κ1) is 12.7. The van der Waals surface area contributed by atoms with Gasteiger partial charge in [-0.15, -0.1) is 0 Å². The summed E-state index contributed by atoms with van der Waals surface area (Å²) in [5, 5.41) is 7.84. The number of nitrogens with zero attached hydrogens (tertiary/aromatic N) is 2. The molecule has 1 aromatic carbocycles. The van der Waals surface area contributed by atoms with Crippen LogP contribution in [0.2, 0.25) is 0 Å². The van der Waals surface area contributed by atoms with Gasteiger partial charge < -0.3 is 5.32 Å². The first-order valence-corrected chi connectivity index (χ1v) is 6.57. The van der Waals surface area contributed by atoms with Gasteiger partial charge in [0.15, 0.2) is 0 Å². The maximum Gasteiger partial charge on any atom is 0.0666 e. The van der Waals surface area contributed by atoms with Crippen LogP contribution in [0.5, 0.6) is 0 Å². The molecule has 18 heavy (non-hydrogen) atoms. The van der Waals surface area contributed by atoms with Gasteiger partial charge in [-0.25, -0.2) is 4.68 Å². The Morgan fingerprint density at radius 1 is 1.28 bits per heavy atom. The lowest BCUT2D eigenvalue weighted by Crippen LogP contribution is -2.24. The molecule has 96 valence electrons. The van der Waals surface area contributed by atoms with Gasteiger partial charge in [-0.3, -0.25) is 0 Å². The Morgan fingerprint density at radius 2 is 2.11 bits per heavy atom. The van der Waals surface area contributed by atoms with Gasteiger partial charge in [0, 0.05) is 24.1 Å². The molecule has 1 atom stereocenters. The highest BCUT2D eigenvalue weighted by molar-refractivity contribution is 5.51. The van der Waals surface area contributed by atoms with Crippen LogP contribution < -0.4 is 5.32 Å². The Balaban J connectivity index is 2.17. The lowest BCUT2D eigenvalue weighted by molar-refractivity contribution is 0.511. The van der Waals surface area contributed by atoms with Crippen molar-refractivity contribution in [1.82, 2.24) is 9.78 Å². The van der Waals surface area contributed by atoms with E-state index in [2.05, 4.69) is 55.5 Å². The number of rotatable bonds is 5. The van der Waals surface area contributed by atoms with Crippen LogP contribution in [-0.4, -0.2) is 15.8 Å². The number of benzene rings is 1. The van der Waals surface area contributed by atoms with Crippen molar-refractivity contribution in [2.45, 2.75) is 33.2 Å². The fourth-order valence-electron chi connectivity index (χ4n) is 2.11. The topological polar surface area (TPSA) is 29.9 Å². The summed E-state index contributed by atoms with van der Waals surface area (Å²) in [5.41, 5.74) is 2.24. The van der Waals surface area contributed by atoms with Crippen molar-refractivity contribution in [3.05, 3.63) is 42.7 Å². The van der Waals surface area contributed by atoms with Crippen molar-refractivity contribution < 1.29 is 0 Å². The summed E-state index contributed by atoms with van der Waals surface area (Å²) in [6.07, 6.45) is 4.88. The van der Waals surface area contributed by atoms with Gasteiger partial charge in [0.05, 0.1) is 5.69 Å². The van der Waals surface area contributed by atoms with Crippen LogP contribution in [0.25, 0.3) is 5.69 Å². The Bertz CT molecular complexity index is 474. The fourth-order valence-corrected chi connectivity index (χ4v) is 2.11. The SMILES string of the molecule is CCC(Nc1cccc(-n2cccn2)c1)C(C)C. The Kier molecular flexibility index (Phi) is 4.03. The molecule has 0 amide bonds. The fraction of sp³-hybridized carbons (Fsp3) is 0.400. The minimum Gasteiger partial charge on any atom is -0.382 e. The van der Waals surface area contributed by atoms with E-state index in [4.69, 9.17) is 0 Å². The highest BCUT2D eigenvalue weighted by Crippen LogP contribution is 2.18. The number of hydrogen-bond acceptors (Lipinski definition) is 2. The lowest BCUT2D eigenvalue weighted by atomic mass is 10.0. The van der Waals surface area contributed by atoms with Gasteiger partial charge in [0.25, 0.3) is 0 Å². The molecule has 0 aliphatic carbocycles. The number of anilines is 1. The van der Waals surface area contributed by atoms with Crippen LogP contribution in [0.15, 0.2) is 42.7 Å². The average molecular weight is 243 g/mol. The summed E-state index contributed by atoms with van der Waals surface area (Å²) >= 11 is 0. The van der Waals surface area contributed by atoms with Gasteiger partial charge >= 0.3 is 0 Å². The number of nitrogens with one attached hydrogen (secondary N) is 1. The minimum absolute atomic E-state index is 0.512. The van der Waals surface area contributed by atoms with Crippen LogP contribution >= 0.6 is 0 Å². The molecule has 1 N–H and O–H groups in total. The molecular formula is C15H21N3. The molecule has 0 saturated heterocycles. The zero-order valence-electron chi connectivity index (χ0n) is 11.3. The van der Waals surface area contributed by atoms with Crippen molar-refractivity contribution in [2.75, 3.05) is 5.32 Å². The molecule has 0 spiro atoms. The molecule has 1 unspecified atom stereocenters. The largest absolute Gasteiger partial charge is 0.382 e. The minimum atomic E-state index is 0.512. The molecule has 1 aromatic heterocycles. The summed E-state index contributed by atoms with van der Waals surface area (Å²) < 4.78 is 1.88. The van der Waals surface area contributed by atoms with Crippen molar-refractivity contribution in [3.63, 3.8) is 0 Å². The molecular weight excluding hydrogens is 222 g/mol. The standard InChI is InChI=1S/C15H21N3/c1-4-15(12(2)3)17-13-7-5-8-14(11-13)18-10-6-9-16-18/h5-12,15,17H,4H2,1-3H3. The molecule has 3 nitrogen and oxygen atoms in total. The Labute approximate surface area is 109 Å². The molecule has 0 fully saturated rings. The molecule has 2 rings (SSSR count). The van der Waals surface area contributed by atoms with Crippen LogP contribution in [0.4, 0.5) is 5.69 Å². The quantitative estimate of drug-likeness (QED) is 0.867. The molecule has 0 aliphatic rings. The second-order valence-corrected chi connectivity index (χ2v) is 4.90. The third kappa shape index (κ3) is 2.92. The van der Waals surface area contributed by atoms with Gasteiger partial charge in [-0.1, -0.05) is 26.8 Å². The first-order valence-electron chi connectivity index (χ1n) is 6.57. The van der Waals surface area contributed by atoms with Gasteiger partial charge in [0.2, 0.25) is 0 Å². The third-order valence-electron chi connectivity index (χ3n) is 3.21. The maximum atomic E-state index is 4.25. The van der Waals surface area contributed by atoms with E-state index >= 15 is 0 Å². The summed E-state index contributed by atoms with van der Waals surface area (Å²) in [4.78, 5) is 0. The van der Waals surface area contributed by atoms with Gasteiger partial charge in [-0.05, 0) is 36.6 Å². The average Bonchev–Trinajstić information content (AvgIpc) is 2.90. The third-order valence-corrected chi connectivity index (χ3v) is 3.21. The van der Waals surface area contributed by atoms with Crippen LogP contribution in [-0.2, 0) is 0 Å². The molecule has 0 radical (unpaired) electrons. The number of aromatic nitrogens is 2. The van der Waals surface area contributed by atoms with E-state index in [1.54, 1.807) is 6.20 Å². The summed E-state index contributed by atoms with van der Waals surface area (Å²) in [6, 6.07) is 10.8. The van der Waals surface area contributed by atoms with Gasteiger partial charge in [0.1, 0.15) is 0 Å². The first-order chi connectivity index (χ1) is 8.70. The Morgan fingerprint density at radius 3 is 2.72 bits per heavy atom. The molecule has 0 aliphatic heterocycles. The highest BCUT2D eigenvalue weighted by atomic mass is 15.3. The summed E-state index contributed by atoms with van der Waals surface area (Å²) in [6.45, 7) is 6.71. The predicted molar refractivity (Wildman–Crippen MR) is 76.1 cm³/mol. The van der Waals surface area contributed by atoms with Crippen LogP contribution in [0.3, 0.4) is 0 Å². The molecule has 1 heterocycles. The van der Waals surface area contributed by atoms with E-state index in [9.17, 15) is 0 Å². The van der Waals surface area contributed by atoms with Crippen LogP contribution in [0.1, 0.15) is 27.2 Å². The van der Waals surface area contributed by atoms with E-state index in [0.717, 1.165) is 17.8 Å². The lowest BCUT2D eigenvalue weighted by Gasteiger charge is -2.22. The van der Waals surface area contributed by atoms with Gasteiger partial charge in [-0.2, -0.15) is 5.10 Å². The molecule has 0 saturated carbocycles. The van der Waals surface area contributed by atoms with Crippen molar-refractivity contribution in [1.29, 1.82) is 0 Å².